The van der Waals surface area contributed by atoms with E-state index in [4.69, 9.17) is 4.74 Å². The van der Waals surface area contributed by atoms with E-state index in [1.54, 1.807) is 24.3 Å². The van der Waals surface area contributed by atoms with Gasteiger partial charge in [0.25, 0.3) is 5.91 Å². The highest BCUT2D eigenvalue weighted by molar-refractivity contribution is 5.97. The molecule has 34 heavy (non-hydrogen) atoms. The molecular formula is C27H24N2O5. The summed E-state index contributed by atoms with van der Waals surface area (Å²) in [4.78, 5) is 37.9. The minimum absolute atomic E-state index is 0.0270. The molecule has 172 valence electrons. The van der Waals surface area contributed by atoms with Gasteiger partial charge in [0.2, 0.25) is 0 Å². The van der Waals surface area contributed by atoms with Gasteiger partial charge in [-0.15, -0.1) is 0 Å². The number of carbonyl (C=O) groups is 3. The molecule has 5 rings (SSSR count). The third kappa shape index (κ3) is 4.01. The van der Waals surface area contributed by atoms with Crippen molar-refractivity contribution in [1.29, 1.82) is 0 Å². The van der Waals surface area contributed by atoms with Gasteiger partial charge in [-0.05, 0) is 59.4 Å². The Labute approximate surface area is 197 Å². The number of hydrogen-bond donors (Lipinski definition) is 2. The Morgan fingerprint density at radius 3 is 2.15 bits per heavy atom. The zero-order valence-electron chi connectivity index (χ0n) is 18.4. The van der Waals surface area contributed by atoms with Crippen molar-refractivity contribution in [3.63, 3.8) is 0 Å². The molecule has 1 heterocycles. The molecular weight excluding hydrogens is 432 g/mol. The highest BCUT2D eigenvalue weighted by Gasteiger charge is 2.34. The van der Waals surface area contributed by atoms with Crippen molar-refractivity contribution in [1.82, 2.24) is 4.90 Å². The van der Waals surface area contributed by atoms with Gasteiger partial charge in [0, 0.05) is 23.7 Å². The van der Waals surface area contributed by atoms with E-state index >= 15 is 0 Å². The van der Waals surface area contributed by atoms with Crippen molar-refractivity contribution < 1.29 is 24.2 Å². The average molecular weight is 456 g/mol. The van der Waals surface area contributed by atoms with Crippen LogP contribution in [0.4, 0.5) is 10.5 Å². The van der Waals surface area contributed by atoms with Gasteiger partial charge in [-0.2, -0.15) is 0 Å². The van der Waals surface area contributed by atoms with Crippen molar-refractivity contribution in [3.8, 4) is 11.1 Å². The van der Waals surface area contributed by atoms with E-state index in [0.717, 1.165) is 22.3 Å². The number of anilines is 1. The maximum atomic E-state index is 12.7. The topological polar surface area (TPSA) is 95.9 Å². The van der Waals surface area contributed by atoms with Crippen molar-refractivity contribution >= 4 is 23.7 Å². The first kappa shape index (κ1) is 21.7. The molecule has 1 atom stereocenters. The van der Waals surface area contributed by atoms with Gasteiger partial charge in [-0.3, -0.25) is 10.1 Å². The van der Waals surface area contributed by atoms with Crippen LogP contribution in [0.3, 0.4) is 0 Å². The average Bonchev–Trinajstić information content (AvgIpc) is 3.46. The van der Waals surface area contributed by atoms with Crippen LogP contribution in [-0.4, -0.2) is 47.2 Å². The quantitative estimate of drug-likeness (QED) is 0.578. The molecule has 1 aliphatic carbocycles. The molecule has 1 saturated heterocycles. The summed E-state index contributed by atoms with van der Waals surface area (Å²) in [6, 6.07) is 21.9. The van der Waals surface area contributed by atoms with E-state index in [2.05, 4.69) is 29.6 Å². The summed E-state index contributed by atoms with van der Waals surface area (Å²) in [5.74, 6) is -1.34. The number of nitrogens with one attached hydrogen (secondary N) is 1. The van der Waals surface area contributed by atoms with E-state index in [-0.39, 0.29) is 18.4 Å². The maximum absolute atomic E-state index is 12.7. The summed E-state index contributed by atoms with van der Waals surface area (Å²) in [5.41, 5.74) is 5.48. The van der Waals surface area contributed by atoms with E-state index < -0.39 is 18.1 Å². The monoisotopic (exact) mass is 456 g/mol. The smallest absolute Gasteiger partial charge is 0.411 e. The maximum Gasteiger partial charge on any atom is 0.411 e. The van der Waals surface area contributed by atoms with E-state index in [0.29, 0.717) is 30.6 Å². The molecule has 2 aliphatic rings. The lowest BCUT2D eigenvalue weighted by Crippen LogP contribution is -2.40. The number of likely N-dealkylation sites (tertiary alicyclic amines) is 1. The number of amides is 2. The van der Waals surface area contributed by atoms with Gasteiger partial charge in [0.1, 0.15) is 12.6 Å². The minimum Gasteiger partial charge on any atom is -0.480 e. The van der Waals surface area contributed by atoms with Gasteiger partial charge in [-0.25, -0.2) is 9.59 Å². The number of benzene rings is 3. The van der Waals surface area contributed by atoms with Crippen LogP contribution in [0.25, 0.3) is 11.1 Å². The van der Waals surface area contributed by atoms with E-state index in [9.17, 15) is 19.5 Å². The summed E-state index contributed by atoms with van der Waals surface area (Å²) >= 11 is 0. The van der Waals surface area contributed by atoms with Crippen molar-refractivity contribution in [2.45, 2.75) is 24.8 Å². The molecule has 1 fully saturated rings. The number of ether oxygens (including phenoxy) is 1. The number of nitrogens with zero attached hydrogens (tertiary/aromatic N) is 1. The first-order chi connectivity index (χ1) is 16.5. The normalized spacial score (nSPS) is 16.6. The Kier molecular flexibility index (Phi) is 5.76. The lowest BCUT2D eigenvalue weighted by atomic mass is 9.98. The third-order valence-corrected chi connectivity index (χ3v) is 6.52. The van der Waals surface area contributed by atoms with Crippen LogP contribution in [0.1, 0.15) is 40.2 Å². The summed E-state index contributed by atoms with van der Waals surface area (Å²) < 4.78 is 5.55. The van der Waals surface area contributed by atoms with Crippen LogP contribution in [-0.2, 0) is 9.53 Å². The fraction of sp³-hybridized carbons (Fsp3) is 0.222. The number of carboxylic acids is 1. The predicted molar refractivity (Wildman–Crippen MR) is 127 cm³/mol. The van der Waals surface area contributed by atoms with Gasteiger partial charge >= 0.3 is 12.1 Å². The van der Waals surface area contributed by atoms with Crippen LogP contribution in [0, 0.1) is 0 Å². The SMILES string of the molecule is O=C(Nc1ccc(C(=O)N2CCC[C@@H]2C(=O)O)cc1)OCC1c2ccccc2-c2ccccc21. The van der Waals surface area contributed by atoms with Crippen LogP contribution in [0.2, 0.25) is 0 Å². The Hall–Kier alpha value is -4.13. The van der Waals surface area contributed by atoms with Crippen molar-refractivity contribution in [3.05, 3.63) is 89.5 Å². The Morgan fingerprint density at radius 2 is 1.53 bits per heavy atom. The van der Waals surface area contributed by atoms with E-state index in [1.165, 1.54) is 4.90 Å². The molecule has 0 spiro atoms. The molecule has 0 radical (unpaired) electrons. The molecule has 2 amide bonds. The molecule has 0 bridgehead atoms. The fourth-order valence-corrected chi connectivity index (χ4v) is 4.88. The highest BCUT2D eigenvalue weighted by Crippen LogP contribution is 2.44. The molecule has 0 saturated carbocycles. The first-order valence-corrected chi connectivity index (χ1v) is 11.3. The van der Waals surface area contributed by atoms with Crippen LogP contribution in [0.15, 0.2) is 72.8 Å². The number of rotatable bonds is 5. The summed E-state index contributed by atoms with van der Waals surface area (Å²) in [7, 11) is 0. The lowest BCUT2D eigenvalue weighted by Gasteiger charge is -2.21. The Bertz CT molecular complexity index is 1210. The fourth-order valence-electron chi connectivity index (χ4n) is 4.88. The van der Waals surface area contributed by atoms with Crippen LogP contribution >= 0.6 is 0 Å². The molecule has 2 N–H and O–H groups in total. The van der Waals surface area contributed by atoms with Crippen LogP contribution in [0.5, 0.6) is 0 Å². The minimum atomic E-state index is -0.987. The second-order valence-corrected chi connectivity index (χ2v) is 8.52. The molecule has 7 heteroatoms. The van der Waals surface area contributed by atoms with Gasteiger partial charge in [-0.1, -0.05) is 48.5 Å². The zero-order valence-corrected chi connectivity index (χ0v) is 18.4. The van der Waals surface area contributed by atoms with Crippen molar-refractivity contribution in [2.24, 2.45) is 0 Å². The number of fused-ring (bicyclic) bond motifs is 3. The molecule has 1 aliphatic heterocycles. The van der Waals surface area contributed by atoms with E-state index in [1.807, 2.05) is 24.3 Å². The second kappa shape index (κ2) is 9.02. The lowest BCUT2D eigenvalue weighted by molar-refractivity contribution is -0.141. The van der Waals surface area contributed by atoms with Crippen molar-refractivity contribution in [2.75, 3.05) is 18.5 Å². The third-order valence-electron chi connectivity index (χ3n) is 6.52. The molecule has 3 aromatic carbocycles. The molecule has 7 nitrogen and oxygen atoms in total. The number of aliphatic carboxylic acids is 1. The van der Waals surface area contributed by atoms with Gasteiger partial charge < -0.3 is 14.7 Å². The largest absolute Gasteiger partial charge is 0.480 e. The number of carboxylic acid groups (broad SMARTS) is 1. The van der Waals surface area contributed by atoms with Gasteiger partial charge in [0.15, 0.2) is 0 Å². The summed E-state index contributed by atoms with van der Waals surface area (Å²) in [6.45, 7) is 0.636. The predicted octanol–water partition coefficient (Wildman–Crippen LogP) is 4.74. The first-order valence-electron chi connectivity index (χ1n) is 11.3. The Morgan fingerprint density at radius 1 is 0.912 bits per heavy atom. The second-order valence-electron chi connectivity index (χ2n) is 8.52. The highest BCUT2D eigenvalue weighted by atomic mass is 16.5. The van der Waals surface area contributed by atoms with Crippen LogP contribution < -0.4 is 5.32 Å². The summed E-state index contributed by atoms with van der Waals surface area (Å²) in [5, 5.41) is 12.0. The zero-order chi connectivity index (χ0) is 23.7. The molecule has 0 aromatic heterocycles. The molecule has 3 aromatic rings. The number of hydrogen-bond acceptors (Lipinski definition) is 4. The number of carbonyl (C=O) groups excluding carboxylic acids is 2. The Balaban J connectivity index is 1.21. The standard InChI is InChI=1S/C27H24N2O5/c30-25(29-15-5-10-24(29)26(31)32)17-11-13-18(14-12-17)28-27(33)34-16-23-21-8-3-1-6-19(21)20-7-2-4-9-22(20)23/h1-4,6-9,11-14,23-24H,5,10,15-16H2,(H,28,33)(H,31,32)/t24-/m1/s1. The molecule has 0 unspecified atom stereocenters. The summed E-state index contributed by atoms with van der Waals surface area (Å²) in [6.07, 6.45) is 0.554. The van der Waals surface area contributed by atoms with Gasteiger partial charge in [0.05, 0.1) is 0 Å².